The molecule has 8 atom stereocenters. The van der Waals surface area contributed by atoms with Gasteiger partial charge in [-0.3, -0.25) is 0 Å². The molecule has 3 fully saturated rings. The molecule has 0 aromatic rings. The minimum Gasteiger partial charge on any atom is -0.393 e. The summed E-state index contributed by atoms with van der Waals surface area (Å²) in [5, 5.41) is 10.8. The lowest BCUT2D eigenvalue weighted by Crippen LogP contribution is -2.57. The lowest BCUT2D eigenvalue weighted by Gasteiger charge is -2.64. The van der Waals surface area contributed by atoms with Crippen LogP contribution < -0.4 is 0 Å². The molecule has 0 aromatic carbocycles. The zero-order valence-corrected chi connectivity index (χ0v) is 23.4. The Morgan fingerprint density at radius 3 is 2.33 bits per heavy atom. The molecule has 3 saturated carbocycles. The molecular formula is C32H54O. The Kier molecular flexibility index (Phi) is 6.60. The second-order valence-corrected chi connectivity index (χ2v) is 14.4. The summed E-state index contributed by atoms with van der Waals surface area (Å²) >= 11 is 0. The van der Waals surface area contributed by atoms with Crippen LogP contribution in [0.1, 0.15) is 120 Å². The van der Waals surface area contributed by atoms with Crippen molar-refractivity contribution in [2.24, 2.45) is 51.2 Å². The number of hydrogen-bond donors (Lipinski definition) is 1. The summed E-state index contributed by atoms with van der Waals surface area (Å²) in [5.74, 6) is 3.70. The van der Waals surface area contributed by atoms with E-state index in [1.165, 1.54) is 51.4 Å². The molecule has 0 aliphatic heterocycles. The summed E-state index contributed by atoms with van der Waals surface area (Å²) in [7, 11) is 0. The Morgan fingerprint density at radius 2 is 1.70 bits per heavy atom. The molecule has 0 saturated heterocycles. The maximum Gasteiger partial charge on any atom is 0.0594 e. The van der Waals surface area contributed by atoms with Crippen molar-refractivity contribution in [2.75, 3.05) is 0 Å². The van der Waals surface area contributed by atoms with Crippen LogP contribution >= 0.6 is 0 Å². The van der Waals surface area contributed by atoms with E-state index >= 15 is 0 Å². The van der Waals surface area contributed by atoms with Crippen LogP contribution in [-0.4, -0.2) is 11.2 Å². The van der Waals surface area contributed by atoms with Gasteiger partial charge in [0.05, 0.1) is 6.10 Å². The van der Waals surface area contributed by atoms with E-state index in [9.17, 15) is 5.11 Å². The van der Waals surface area contributed by atoms with Gasteiger partial charge in [0.25, 0.3) is 0 Å². The van der Waals surface area contributed by atoms with Crippen LogP contribution in [0.5, 0.6) is 0 Å². The van der Waals surface area contributed by atoms with Crippen LogP contribution in [0.2, 0.25) is 0 Å². The third-order valence-corrected chi connectivity index (χ3v) is 12.5. The highest BCUT2D eigenvalue weighted by Gasteiger charge is 2.65. The molecule has 1 nitrogen and oxygen atoms in total. The lowest BCUT2D eigenvalue weighted by molar-refractivity contribution is -0.118. The van der Waals surface area contributed by atoms with E-state index in [0.29, 0.717) is 22.7 Å². The van der Waals surface area contributed by atoms with Gasteiger partial charge >= 0.3 is 0 Å². The van der Waals surface area contributed by atoms with Crippen molar-refractivity contribution >= 4 is 0 Å². The Morgan fingerprint density at radius 1 is 1.00 bits per heavy atom. The second-order valence-electron chi connectivity index (χ2n) is 14.4. The van der Waals surface area contributed by atoms with Crippen LogP contribution in [0.15, 0.2) is 23.3 Å². The van der Waals surface area contributed by atoms with Crippen molar-refractivity contribution < 1.29 is 5.11 Å². The molecule has 1 heteroatoms. The summed E-state index contributed by atoms with van der Waals surface area (Å²) < 4.78 is 0. The first-order valence-electron chi connectivity index (χ1n) is 14.4. The first kappa shape index (κ1) is 25.5. The first-order valence-corrected chi connectivity index (χ1v) is 14.4. The van der Waals surface area contributed by atoms with Crippen molar-refractivity contribution in [3.05, 3.63) is 23.3 Å². The van der Waals surface area contributed by atoms with Crippen molar-refractivity contribution in [1.29, 1.82) is 0 Å². The van der Waals surface area contributed by atoms with E-state index in [0.717, 1.165) is 24.2 Å². The Labute approximate surface area is 205 Å². The molecule has 0 bridgehead atoms. The fourth-order valence-electron chi connectivity index (χ4n) is 10.0. The minimum atomic E-state index is -0.137. The predicted octanol–water partition coefficient (Wildman–Crippen LogP) is 8.97. The van der Waals surface area contributed by atoms with Gasteiger partial charge in [0.15, 0.2) is 0 Å². The largest absolute Gasteiger partial charge is 0.393 e. The lowest BCUT2D eigenvalue weighted by atomic mass is 9.41. The number of hydrogen-bond acceptors (Lipinski definition) is 1. The van der Waals surface area contributed by atoms with Gasteiger partial charge in [-0.25, -0.2) is 0 Å². The molecule has 0 spiro atoms. The highest BCUT2D eigenvalue weighted by molar-refractivity contribution is 5.32. The van der Waals surface area contributed by atoms with E-state index in [1.807, 2.05) is 5.57 Å². The topological polar surface area (TPSA) is 20.2 Å². The predicted molar refractivity (Wildman–Crippen MR) is 142 cm³/mol. The maximum absolute atomic E-state index is 10.8. The zero-order chi connectivity index (χ0) is 24.4. The highest BCUT2D eigenvalue weighted by atomic mass is 16.3. The first-order chi connectivity index (χ1) is 15.3. The molecule has 4 rings (SSSR count). The van der Waals surface area contributed by atoms with Crippen molar-refractivity contribution in [3.8, 4) is 0 Å². The van der Waals surface area contributed by atoms with Crippen LogP contribution in [0.4, 0.5) is 0 Å². The fraction of sp³-hybridized carbons (Fsp3) is 0.875. The molecule has 0 unspecified atom stereocenters. The summed E-state index contributed by atoms with van der Waals surface area (Å²) in [4.78, 5) is 0. The van der Waals surface area contributed by atoms with Gasteiger partial charge in [0, 0.05) is 0 Å². The third-order valence-electron chi connectivity index (χ3n) is 12.5. The van der Waals surface area contributed by atoms with Crippen LogP contribution in [0.3, 0.4) is 0 Å². The average Bonchev–Trinajstić information content (AvgIpc) is 3.03. The molecule has 188 valence electrons. The molecule has 0 heterocycles. The van der Waals surface area contributed by atoms with Gasteiger partial charge in [-0.1, -0.05) is 78.7 Å². The second kappa shape index (κ2) is 8.53. The number of allylic oxidation sites excluding steroid dienone is 4. The van der Waals surface area contributed by atoms with E-state index in [2.05, 4.69) is 74.5 Å². The molecule has 0 aromatic heterocycles. The molecule has 33 heavy (non-hydrogen) atoms. The van der Waals surface area contributed by atoms with Gasteiger partial charge in [-0.05, 0) is 116 Å². The SMILES string of the molecule is C/C=C(/CC[C@@H](C)[C@H]1CC[C@@]2(C)[C@@H]3CC[C@H]4C(C)(C)[C@@H](O)CC[C@]4(C)C3=CC[C@]12C)C(C)C. The van der Waals surface area contributed by atoms with Gasteiger partial charge in [-0.2, -0.15) is 0 Å². The standard InChI is InChI=1S/C32H54O/c1-10-23(21(2)3)12-11-22(4)24-15-19-32(9)26-13-14-27-29(5,6)28(33)17-18-30(27,7)25(26)16-20-31(24,32)8/h10,16,21-22,24,26-28,33H,11-15,17-20H2,1-9H3/b23-10-/t22-,24-,26-,27+,28+,30-,31-,32+/m1/s1. The summed E-state index contributed by atoms with van der Waals surface area (Å²) in [6.07, 6.45) is 16.5. The van der Waals surface area contributed by atoms with Crippen LogP contribution in [-0.2, 0) is 0 Å². The molecule has 0 radical (unpaired) electrons. The highest BCUT2D eigenvalue weighted by Crippen LogP contribution is 2.73. The summed E-state index contributed by atoms with van der Waals surface area (Å²) in [6.45, 7) is 22.1. The Hall–Kier alpha value is -0.560. The molecule has 4 aliphatic rings. The summed E-state index contributed by atoms with van der Waals surface area (Å²) in [6, 6.07) is 0. The number of aliphatic hydroxyl groups excluding tert-OH is 1. The normalized spacial score (nSPS) is 45.8. The van der Waals surface area contributed by atoms with Gasteiger partial charge in [0.1, 0.15) is 0 Å². The van der Waals surface area contributed by atoms with Crippen molar-refractivity contribution in [3.63, 3.8) is 0 Å². The van der Waals surface area contributed by atoms with E-state index < -0.39 is 0 Å². The molecule has 0 amide bonds. The number of fused-ring (bicyclic) bond motifs is 5. The van der Waals surface area contributed by atoms with Gasteiger partial charge in [0.2, 0.25) is 0 Å². The monoisotopic (exact) mass is 454 g/mol. The maximum atomic E-state index is 10.8. The average molecular weight is 455 g/mol. The fourth-order valence-corrected chi connectivity index (χ4v) is 10.0. The Balaban J connectivity index is 1.60. The van der Waals surface area contributed by atoms with Crippen molar-refractivity contribution in [1.82, 2.24) is 0 Å². The van der Waals surface area contributed by atoms with Gasteiger partial charge in [-0.15, -0.1) is 0 Å². The molecule has 4 aliphatic carbocycles. The van der Waals surface area contributed by atoms with Crippen LogP contribution in [0.25, 0.3) is 0 Å². The van der Waals surface area contributed by atoms with E-state index in [-0.39, 0.29) is 16.9 Å². The zero-order valence-electron chi connectivity index (χ0n) is 23.4. The quantitative estimate of drug-likeness (QED) is 0.411. The van der Waals surface area contributed by atoms with Gasteiger partial charge < -0.3 is 5.11 Å². The molecule has 1 N–H and O–H groups in total. The van der Waals surface area contributed by atoms with E-state index in [1.54, 1.807) is 5.57 Å². The Bertz CT molecular complexity index is 801. The number of aliphatic hydroxyl groups is 1. The number of rotatable bonds is 5. The van der Waals surface area contributed by atoms with Crippen LogP contribution in [0, 0.1) is 51.2 Å². The van der Waals surface area contributed by atoms with E-state index in [4.69, 9.17) is 0 Å². The summed E-state index contributed by atoms with van der Waals surface area (Å²) in [5.41, 5.74) is 4.65. The third kappa shape index (κ3) is 3.65. The minimum absolute atomic E-state index is 0.0358. The smallest absolute Gasteiger partial charge is 0.0594 e. The van der Waals surface area contributed by atoms with Crippen molar-refractivity contribution in [2.45, 2.75) is 126 Å². The molecular weight excluding hydrogens is 400 g/mol.